The minimum Gasteiger partial charge on any atom is -0.457 e. The molecule has 47 heavy (non-hydrogen) atoms. The molecule has 0 saturated heterocycles. The summed E-state index contributed by atoms with van der Waals surface area (Å²) >= 11 is 0. The average Bonchev–Trinajstić information content (AvgIpc) is 3.16. The molecule has 6 aromatic rings. The molecule has 0 N–H and O–H groups in total. The second-order valence-corrected chi connectivity index (χ2v) is 12.3. The van der Waals surface area contributed by atoms with E-state index in [1.807, 2.05) is 37.4 Å². The maximum atomic E-state index is 8.45. The maximum absolute atomic E-state index is 8.45. The van der Waals surface area contributed by atoms with Gasteiger partial charge in [-0.05, 0) is 97.2 Å². The lowest BCUT2D eigenvalue weighted by molar-refractivity contribution is 0.481. The van der Waals surface area contributed by atoms with Crippen molar-refractivity contribution in [1.82, 2.24) is 9.97 Å². The van der Waals surface area contributed by atoms with E-state index in [1.54, 1.807) is 6.20 Å². The van der Waals surface area contributed by atoms with Gasteiger partial charge >= 0.3 is 0 Å². The van der Waals surface area contributed by atoms with Gasteiger partial charge in [0.2, 0.25) is 0 Å². The van der Waals surface area contributed by atoms with Crippen molar-refractivity contribution in [3.8, 4) is 33.8 Å². The summed E-state index contributed by atoms with van der Waals surface area (Å²) in [5.41, 5.74) is 9.54. The van der Waals surface area contributed by atoms with Crippen molar-refractivity contribution in [2.75, 3.05) is 22.9 Å². The lowest BCUT2D eigenvalue weighted by Crippen LogP contribution is -2.25. The summed E-state index contributed by atoms with van der Waals surface area (Å²) in [4.78, 5) is 14.2. The molecule has 0 saturated carbocycles. The third-order valence-corrected chi connectivity index (χ3v) is 9.19. The number of ether oxygens (including phenoxy) is 1. The Kier molecular flexibility index (Phi) is 6.30. The smallest absolute Gasteiger partial charge is 0.133 e. The second-order valence-electron chi connectivity index (χ2n) is 12.3. The van der Waals surface area contributed by atoms with Crippen LogP contribution in [0.1, 0.15) is 41.9 Å². The number of hydrogen-bond donors (Lipinski definition) is 0. The van der Waals surface area contributed by atoms with E-state index in [-0.39, 0.29) is 29.7 Å². The molecule has 0 bridgehead atoms. The van der Waals surface area contributed by atoms with Gasteiger partial charge in [0, 0.05) is 60.1 Å². The molecule has 0 spiro atoms. The third kappa shape index (κ3) is 5.74. The van der Waals surface area contributed by atoms with Crippen LogP contribution in [0.5, 0.6) is 11.5 Å². The van der Waals surface area contributed by atoms with Gasteiger partial charge in [0.25, 0.3) is 0 Å². The predicted molar refractivity (Wildman–Crippen MR) is 192 cm³/mol. The van der Waals surface area contributed by atoms with Gasteiger partial charge in [0.05, 0.1) is 6.85 Å². The summed E-state index contributed by atoms with van der Waals surface area (Å²) in [6.07, 6.45) is 7.55. The summed E-state index contributed by atoms with van der Waals surface area (Å²) in [6.45, 7) is 5.67. The molecule has 0 atom stereocenters. The lowest BCUT2D eigenvalue weighted by atomic mass is 9.99. The number of hydrogen-bond acceptors (Lipinski definition) is 5. The molecule has 2 aromatic heterocycles. The Labute approximate surface area is 284 Å². The van der Waals surface area contributed by atoms with Gasteiger partial charge in [-0.1, -0.05) is 72.7 Å². The number of aryl methyl sites for hydroxylation is 4. The summed E-state index contributed by atoms with van der Waals surface area (Å²) in [5, 5.41) is 0. The van der Waals surface area contributed by atoms with Crippen LogP contribution < -0.4 is 14.5 Å². The van der Waals surface area contributed by atoms with Crippen LogP contribution in [-0.4, -0.2) is 23.1 Å². The van der Waals surface area contributed by atoms with Crippen LogP contribution in [0.15, 0.2) is 121 Å². The Morgan fingerprint density at radius 1 is 0.617 bits per heavy atom. The molecule has 4 heterocycles. The molecule has 4 aromatic carbocycles. The Morgan fingerprint density at radius 2 is 1.15 bits per heavy atom. The normalized spacial score (nSPS) is 15.5. The molecule has 0 amide bonds. The minimum atomic E-state index is -0.405. The summed E-state index contributed by atoms with van der Waals surface area (Å²) in [6, 6.07) is 25.4. The Hall–Kier alpha value is -5.42. The molecule has 0 fully saturated rings. The predicted octanol–water partition coefficient (Wildman–Crippen LogP) is 10.4. The van der Waals surface area contributed by atoms with Crippen LogP contribution in [0, 0.1) is 13.8 Å². The number of fused-ring (bicyclic) bond motifs is 2. The standard InChI is InChI=1S/C42H38N4O/c1-29-23-41(43-27-37(29)31-11-5-3-6-12-31)45-21-9-15-33-17-19-35(25-39(33)45)47-36-20-18-34-16-10-22-46(40(34)26-36)42-24-30(2)38(28-44-42)32-13-7-4-8-14-32/h3-8,11-14,17-20,23-28H,9-10,15-16,21-22H2,1-2H3/i3D,5D,6D,11D,12D. The van der Waals surface area contributed by atoms with E-state index < -0.39 is 6.04 Å². The monoisotopic (exact) mass is 619 g/mol. The molecule has 0 unspecified atom stereocenters. The van der Waals surface area contributed by atoms with Gasteiger partial charge in [-0.15, -0.1) is 0 Å². The van der Waals surface area contributed by atoms with E-state index in [2.05, 4.69) is 71.3 Å². The number of nitrogens with zero attached hydrogens (tertiary/aromatic N) is 4. The highest BCUT2D eigenvalue weighted by Gasteiger charge is 2.23. The highest BCUT2D eigenvalue weighted by molar-refractivity contribution is 5.74. The van der Waals surface area contributed by atoms with Gasteiger partial charge in [0.15, 0.2) is 0 Å². The molecule has 0 aliphatic carbocycles. The highest BCUT2D eigenvalue weighted by Crippen LogP contribution is 2.40. The average molecular weight is 620 g/mol. The molecular weight excluding hydrogens is 576 g/mol. The zero-order valence-electron chi connectivity index (χ0n) is 31.6. The second kappa shape index (κ2) is 12.4. The minimum absolute atomic E-state index is 0.163. The van der Waals surface area contributed by atoms with Crippen molar-refractivity contribution in [2.45, 2.75) is 39.5 Å². The Morgan fingerprint density at radius 3 is 1.68 bits per heavy atom. The third-order valence-electron chi connectivity index (χ3n) is 9.19. The zero-order valence-corrected chi connectivity index (χ0v) is 26.6. The first-order valence-electron chi connectivity index (χ1n) is 18.7. The van der Waals surface area contributed by atoms with Crippen molar-refractivity contribution in [3.05, 3.63) is 144 Å². The first-order valence-corrected chi connectivity index (χ1v) is 16.2. The molecule has 0 radical (unpaired) electrons. The van der Waals surface area contributed by atoms with Gasteiger partial charge in [-0.2, -0.15) is 0 Å². The zero-order chi connectivity index (χ0) is 36.1. The first-order chi connectivity index (χ1) is 25.2. The molecule has 8 rings (SSSR count). The van der Waals surface area contributed by atoms with Crippen LogP contribution in [0.2, 0.25) is 0 Å². The SMILES string of the molecule is [2H]c1c([2H])c([2H])c(-c2cnc(N3CCCc4ccc(Oc5ccc6c(c5)N(c5cc(C)c(-c7ccccc7)cn5)CCC6)cc43)cc2C)c([2H])c1[2H]. The van der Waals surface area contributed by atoms with Crippen molar-refractivity contribution in [1.29, 1.82) is 0 Å². The Bertz CT molecular complexity index is 2320. The van der Waals surface area contributed by atoms with E-state index >= 15 is 0 Å². The maximum Gasteiger partial charge on any atom is 0.133 e. The number of pyridine rings is 2. The quantitative estimate of drug-likeness (QED) is 0.186. The van der Waals surface area contributed by atoms with Crippen molar-refractivity contribution in [3.63, 3.8) is 0 Å². The molecule has 2 aliphatic rings. The number of anilines is 4. The van der Waals surface area contributed by atoms with Gasteiger partial charge in [-0.3, -0.25) is 0 Å². The number of aromatic nitrogens is 2. The molecule has 5 nitrogen and oxygen atoms in total. The van der Waals surface area contributed by atoms with E-state index in [0.29, 0.717) is 5.56 Å². The largest absolute Gasteiger partial charge is 0.457 e. The van der Waals surface area contributed by atoms with Crippen LogP contribution in [0.3, 0.4) is 0 Å². The lowest BCUT2D eigenvalue weighted by Gasteiger charge is -2.32. The highest BCUT2D eigenvalue weighted by atomic mass is 16.5. The first kappa shape index (κ1) is 23.9. The van der Waals surface area contributed by atoms with E-state index in [4.69, 9.17) is 21.6 Å². The van der Waals surface area contributed by atoms with Crippen molar-refractivity contribution < 1.29 is 11.6 Å². The number of benzene rings is 4. The molecule has 5 heteroatoms. The van der Waals surface area contributed by atoms with E-state index in [0.717, 1.165) is 90.0 Å². The topological polar surface area (TPSA) is 41.5 Å². The van der Waals surface area contributed by atoms with Crippen LogP contribution in [-0.2, 0) is 12.8 Å². The van der Waals surface area contributed by atoms with E-state index in [9.17, 15) is 0 Å². The van der Waals surface area contributed by atoms with Gasteiger partial charge in [0.1, 0.15) is 23.1 Å². The van der Waals surface area contributed by atoms with Crippen molar-refractivity contribution >= 4 is 23.0 Å². The summed E-state index contributed by atoms with van der Waals surface area (Å²) in [7, 11) is 0. The molecule has 232 valence electrons. The van der Waals surface area contributed by atoms with Crippen LogP contribution >= 0.6 is 0 Å². The van der Waals surface area contributed by atoms with Crippen LogP contribution in [0.4, 0.5) is 23.0 Å². The van der Waals surface area contributed by atoms with Crippen LogP contribution in [0.25, 0.3) is 22.3 Å². The van der Waals surface area contributed by atoms with Gasteiger partial charge < -0.3 is 14.5 Å². The fourth-order valence-electron chi connectivity index (χ4n) is 6.79. The van der Waals surface area contributed by atoms with Gasteiger partial charge in [-0.25, -0.2) is 9.97 Å². The molecular formula is C42H38N4O. The fourth-order valence-corrected chi connectivity index (χ4v) is 6.79. The Balaban J connectivity index is 1.07. The summed E-state index contributed by atoms with van der Waals surface area (Å²) in [5.74, 6) is 3.14. The summed E-state index contributed by atoms with van der Waals surface area (Å²) < 4.78 is 47.7. The molecule has 2 aliphatic heterocycles. The fraction of sp³-hybridized carbons (Fsp3) is 0.190. The van der Waals surface area contributed by atoms with Crippen molar-refractivity contribution in [2.24, 2.45) is 0 Å². The van der Waals surface area contributed by atoms with E-state index in [1.165, 1.54) is 16.7 Å². The number of rotatable bonds is 6.